The SMILES string of the molecule is C=C/C(=C\C(=C/C)c1ccc2[nH]nc(-c3nc4c(-n5cnc(C)c5)cncc4[nH]3)c2n1)NC(=C)CC(C)(C)C. The van der Waals surface area contributed by atoms with Crippen molar-refractivity contribution >= 4 is 27.6 Å². The molecule has 0 aliphatic carbocycles. The monoisotopic (exact) mass is 519 g/mol. The van der Waals surface area contributed by atoms with Crippen LogP contribution in [-0.4, -0.2) is 39.7 Å². The van der Waals surface area contributed by atoms with E-state index < -0.39 is 0 Å². The molecule has 5 heterocycles. The number of aromatic amines is 2. The van der Waals surface area contributed by atoms with Gasteiger partial charge in [0.2, 0.25) is 0 Å². The van der Waals surface area contributed by atoms with E-state index in [1.54, 1.807) is 24.8 Å². The smallest absolute Gasteiger partial charge is 0.161 e. The third kappa shape index (κ3) is 5.43. The van der Waals surface area contributed by atoms with Crippen LogP contribution in [-0.2, 0) is 0 Å². The van der Waals surface area contributed by atoms with Crippen LogP contribution in [0.1, 0.15) is 45.5 Å². The predicted molar refractivity (Wildman–Crippen MR) is 157 cm³/mol. The van der Waals surface area contributed by atoms with Gasteiger partial charge in [0.15, 0.2) is 11.5 Å². The molecule has 0 unspecified atom stereocenters. The molecule has 0 aliphatic rings. The van der Waals surface area contributed by atoms with Crippen molar-refractivity contribution in [3.63, 3.8) is 0 Å². The van der Waals surface area contributed by atoms with E-state index in [4.69, 9.17) is 9.97 Å². The van der Waals surface area contributed by atoms with Gasteiger partial charge < -0.3 is 14.9 Å². The summed E-state index contributed by atoms with van der Waals surface area (Å²) in [6, 6.07) is 3.96. The minimum atomic E-state index is 0.134. The summed E-state index contributed by atoms with van der Waals surface area (Å²) in [7, 11) is 0. The van der Waals surface area contributed by atoms with E-state index in [-0.39, 0.29) is 5.41 Å². The van der Waals surface area contributed by atoms with Gasteiger partial charge in [0.05, 0.1) is 46.8 Å². The fraction of sp³-hybridized carbons (Fsp3) is 0.233. The molecular weight excluding hydrogens is 486 g/mol. The summed E-state index contributed by atoms with van der Waals surface area (Å²) in [5, 5.41) is 11.0. The van der Waals surface area contributed by atoms with Gasteiger partial charge in [-0.1, -0.05) is 40.0 Å². The van der Waals surface area contributed by atoms with Gasteiger partial charge in [-0.15, -0.1) is 0 Å². The third-order valence-electron chi connectivity index (χ3n) is 6.20. The highest BCUT2D eigenvalue weighted by Gasteiger charge is 2.18. The van der Waals surface area contributed by atoms with E-state index >= 15 is 0 Å². The maximum absolute atomic E-state index is 4.98. The van der Waals surface area contributed by atoms with E-state index in [0.717, 1.165) is 62.5 Å². The molecule has 0 aliphatic heterocycles. The fourth-order valence-corrected chi connectivity index (χ4v) is 4.51. The molecule has 3 N–H and O–H groups in total. The van der Waals surface area contributed by atoms with E-state index in [9.17, 15) is 0 Å². The highest BCUT2D eigenvalue weighted by Crippen LogP contribution is 2.29. The van der Waals surface area contributed by atoms with Crippen molar-refractivity contribution in [1.82, 2.24) is 45.0 Å². The van der Waals surface area contributed by atoms with Gasteiger partial charge >= 0.3 is 0 Å². The van der Waals surface area contributed by atoms with Crippen molar-refractivity contribution in [1.29, 1.82) is 0 Å². The molecule has 5 rings (SSSR count). The average molecular weight is 520 g/mol. The van der Waals surface area contributed by atoms with Crippen LogP contribution in [0.3, 0.4) is 0 Å². The minimum Gasteiger partial charge on any atom is -0.359 e. The number of nitrogens with zero attached hydrogens (tertiary/aromatic N) is 6. The van der Waals surface area contributed by atoms with Crippen LogP contribution in [0.4, 0.5) is 0 Å². The van der Waals surface area contributed by atoms with Gasteiger partial charge in [0, 0.05) is 17.6 Å². The molecule has 0 spiro atoms. The predicted octanol–water partition coefficient (Wildman–Crippen LogP) is 6.40. The summed E-state index contributed by atoms with van der Waals surface area (Å²) in [5.41, 5.74) is 9.19. The van der Waals surface area contributed by atoms with Crippen LogP contribution in [0.2, 0.25) is 0 Å². The summed E-state index contributed by atoms with van der Waals surface area (Å²) in [6.07, 6.45) is 13.9. The lowest BCUT2D eigenvalue weighted by atomic mass is 9.91. The second-order valence-electron chi connectivity index (χ2n) is 10.7. The number of hydrogen-bond acceptors (Lipinski definition) is 6. The highest BCUT2D eigenvalue weighted by atomic mass is 15.2. The van der Waals surface area contributed by atoms with Crippen LogP contribution in [0.25, 0.3) is 44.8 Å². The van der Waals surface area contributed by atoms with Crippen LogP contribution >= 0.6 is 0 Å². The lowest BCUT2D eigenvalue weighted by Crippen LogP contribution is -2.16. The van der Waals surface area contributed by atoms with Crippen molar-refractivity contribution in [2.75, 3.05) is 0 Å². The van der Waals surface area contributed by atoms with E-state index in [0.29, 0.717) is 11.5 Å². The van der Waals surface area contributed by atoms with Gasteiger partial charge in [-0.05, 0) is 55.5 Å². The lowest BCUT2D eigenvalue weighted by Gasteiger charge is -2.21. The third-order valence-corrected chi connectivity index (χ3v) is 6.20. The van der Waals surface area contributed by atoms with Gasteiger partial charge in [-0.25, -0.2) is 15.0 Å². The summed E-state index contributed by atoms with van der Waals surface area (Å²) >= 11 is 0. The van der Waals surface area contributed by atoms with Crippen LogP contribution in [0, 0.1) is 12.3 Å². The lowest BCUT2D eigenvalue weighted by molar-refractivity contribution is 0.403. The number of rotatable bonds is 8. The van der Waals surface area contributed by atoms with Gasteiger partial charge in [0.1, 0.15) is 11.0 Å². The topological polar surface area (TPSA) is 113 Å². The molecule has 0 saturated heterocycles. The summed E-state index contributed by atoms with van der Waals surface area (Å²) in [6.45, 7) is 18.7. The molecule has 0 bridgehead atoms. The number of H-pyrrole nitrogens is 2. The molecule has 9 nitrogen and oxygen atoms in total. The molecule has 5 aromatic rings. The summed E-state index contributed by atoms with van der Waals surface area (Å²) in [5.74, 6) is 0.608. The number of pyridine rings is 2. The number of nitrogens with one attached hydrogen (secondary N) is 3. The molecule has 0 saturated carbocycles. The first kappa shape index (κ1) is 25.8. The Labute approximate surface area is 227 Å². The number of aromatic nitrogens is 8. The minimum absolute atomic E-state index is 0.134. The quantitative estimate of drug-likeness (QED) is 0.204. The first-order valence-electron chi connectivity index (χ1n) is 12.8. The maximum atomic E-state index is 4.98. The molecular formula is C30H33N9. The van der Waals surface area contributed by atoms with Crippen molar-refractivity contribution in [3.8, 4) is 17.2 Å². The van der Waals surface area contributed by atoms with Crippen LogP contribution in [0.15, 0.2) is 79.8 Å². The van der Waals surface area contributed by atoms with Crippen molar-refractivity contribution in [2.45, 2.75) is 41.0 Å². The normalized spacial score (nSPS) is 12.8. The van der Waals surface area contributed by atoms with E-state index in [1.807, 2.05) is 48.9 Å². The molecule has 0 fully saturated rings. The Morgan fingerprint density at radius 3 is 2.64 bits per heavy atom. The second kappa shape index (κ2) is 10.2. The van der Waals surface area contributed by atoms with Crippen molar-refractivity contribution < 1.29 is 0 Å². The number of fused-ring (bicyclic) bond motifs is 2. The Bertz CT molecular complexity index is 1750. The Morgan fingerprint density at radius 1 is 1.13 bits per heavy atom. The molecule has 39 heavy (non-hydrogen) atoms. The van der Waals surface area contributed by atoms with E-state index in [2.05, 4.69) is 64.4 Å². The standard InChI is InChI=1S/C30H33N9/c1-8-20(12-21(9-2)33-18(3)13-30(5,6)7)22-10-11-23-27(34-22)28(38-37-23)29-35-24-14-31-15-25(26(24)36-29)39-16-19(4)32-17-39/h8-12,14-17,33H,2-3,13H2,1,4-7H3,(H,35,36)(H,37,38)/b20-8+,21-12+. The van der Waals surface area contributed by atoms with Crippen LogP contribution < -0.4 is 5.32 Å². The number of imidazole rings is 2. The summed E-state index contributed by atoms with van der Waals surface area (Å²) < 4.78 is 1.92. The van der Waals surface area contributed by atoms with E-state index in [1.165, 1.54) is 0 Å². The molecule has 0 aromatic carbocycles. The Morgan fingerprint density at radius 2 is 1.95 bits per heavy atom. The molecule has 0 radical (unpaired) electrons. The van der Waals surface area contributed by atoms with Crippen molar-refractivity contribution in [3.05, 3.63) is 91.2 Å². The van der Waals surface area contributed by atoms with Gasteiger partial charge in [-0.3, -0.25) is 10.1 Å². The maximum Gasteiger partial charge on any atom is 0.161 e. The van der Waals surface area contributed by atoms with Gasteiger partial charge in [0.25, 0.3) is 0 Å². The fourth-order valence-electron chi connectivity index (χ4n) is 4.51. The Hall–Kier alpha value is -4.79. The zero-order valence-corrected chi connectivity index (χ0v) is 23.0. The highest BCUT2D eigenvalue weighted by molar-refractivity contribution is 5.93. The number of aryl methyl sites for hydroxylation is 1. The molecule has 0 atom stereocenters. The Balaban J connectivity index is 1.51. The van der Waals surface area contributed by atoms with Gasteiger partial charge in [-0.2, -0.15) is 5.10 Å². The van der Waals surface area contributed by atoms with Crippen molar-refractivity contribution in [2.24, 2.45) is 5.41 Å². The Kier molecular flexibility index (Phi) is 6.74. The molecule has 9 heteroatoms. The van der Waals surface area contributed by atoms with Crippen LogP contribution in [0.5, 0.6) is 0 Å². The summed E-state index contributed by atoms with van der Waals surface area (Å²) in [4.78, 5) is 21.9. The zero-order chi connectivity index (χ0) is 27.7. The number of allylic oxidation sites excluding steroid dienone is 5. The first-order valence-corrected chi connectivity index (χ1v) is 12.8. The molecule has 0 amide bonds. The zero-order valence-electron chi connectivity index (χ0n) is 23.0. The largest absolute Gasteiger partial charge is 0.359 e. The molecule has 198 valence electrons. The first-order chi connectivity index (χ1) is 18.6. The molecule has 5 aromatic heterocycles. The number of hydrogen-bond donors (Lipinski definition) is 3. The second-order valence-corrected chi connectivity index (χ2v) is 10.7. The average Bonchev–Trinajstić information content (AvgIpc) is 3.62.